The molecule has 0 heterocycles. The van der Waals surface area contributed by atoms with Crippen LogP contribution in [0.1, 0.15) is 13.3 Å². The zero-order valence-electron chi connectivity index (χ0n) is 6.45. The Hall–Kier alpha value is 0.0700. The predicted octanol–water partition coefficient (Wildman–Crippen LogP) is 0.618. The summed E-state index contributed by atoms with van der Waals surface area (Å²) in [5.41, 5.74) is 5.31. The Labute approximate surface area is 78.5 Å². The molecule has 68 valence electrons. The maximum Gasteiger partial charge on any atom is 0.323 e. The van der Waals surface area contributed by atoms with Gasteiger partial charge in [0.05, 0.1) is 6.61 Å². The average molecular weight is 200 g/mol. The highest BCUT2D eigenvalue weighted by Gasteiger charge is 2.11. The minimum atomic E-state index is -0.574. The lowest BCUT2D eigenvalue weighted by molar-refractivity contribution is -0.144. The van der Waals surface area contributed by atoms with E-state index < -0.39 is 6.04 Å². The van der Waals surface area contributed by atoms with Gasteiger partial charge in [-0.25, -0.2) is 0 Å². The molecular formula is C6H14ClNO2S. The first-order chi connectivity index (χ1) is 4.72. The standard InChI is InChI=1S/C6H13NO2S.ClH/c1-2-3-9-6(8)5(7)4-10;/h5,10H,2-4,7H2,1H3;1H. The molecule has 0 spiro atoms. The van der Waals surface area contributed by atoms with Gasteiger partial charge >= 0.3 is 5.97 Å². The van der Waals surface area contributed by atoms with Gasteiger partial charge in [-0.2, -0.15) is 12.6 Å². The first-order valence-corrected chi connectivity index (χ1v) is 3.88. The fourth-order valence-electron chi connectivity index (χ4n) is 0.384. The number of thiol groups is 1. The van der Waals surface area contributed by atoms with Crippen molar-refractivity contribution in [1.29, 1.82) is 0 Å². The Morgan fingerprint density at radius 3 is 2.64 bits per heavy atom. The van der Waals surface area contributed by atoms with Gasteiger partial charge in [0.25, 0.3) is 0 Å². The summed E-state index contributed by atoms with van der Waals surface area (Å²) in [6.07, 6.45) is 0.824. The highest BCUT2D eigenvalue weighted by atomic mass is 35.5. The number of hydrogen-bond donors (Lipinski definition) is 2. The van der Waals surface area contributed by atoms with Crippen molar-refractivity contribution in [3.63, 3.8) is 0 Å². The highest BCUT2D eigenvalue weighted by molar-refractivity contribution is 7.80. The molecule has 0 aromatic rings. The van der Waals surface area contributed by atoms with Crippen molar-refractivity contribution in [2.24, 2.45) is 5.73 Å². The van der Waals surface area contributed by atoms with Crippen molar-refractivity contribution in [2.45, 2.75) is 19.4 Å². The summed E-state index contributed by atoms with van der Waals surface area (Å²) < 4.78 is 4.73. The van der Waals surface area contributed by atoms with Crippen LogP contribution in [0.2, 0.25) is 0 Å². The van der Waals surface area contributed by atoms with E-state index in [0.29, 0.717) is 12.4 Å². The van der Waals surface area contributed by atoms with Crippen molar-refractivity contribution < 1.29 is 9.53 Å². The molecule has 0 aliphatic rings. The number of carbonyl (C=O) groups is 1. The summed E-state index contributed by atoms with van der Waals surface area (Å²) in [5, 5.41) is 0. The van der Waals surface area contributed by atoms with Crippen LogP contribution in [0.5, 0.6) is 0 Å². The van der Waals surface area contributed by atoms with Crippen LogP contribution in [0.3, 0.4) is 0 Å². The number of halogens is 1. The summed E-state index contributed by atoms with van der Waals surface area (Å²) in [6, 6.07) is -0.574. The van der Waals surface area contributed by atoms with E-state index in [1.807, 2.05) is 6.92 Å². The van der Waals surface area contributed by atoms with E-state index in [0.717, 1.165) is 6.42 Å². The molecule has 1 atom stereocenters. The van der Waals surface area contributed by atoms with Gasteiger partial charge in [-0.15, -0.1) is 12.4 Å². The maximum atomic E-state index is 10.7. The van der Waals surface area contributed by atoms with Gasteiger partial charge < -0.3 is 10.5 Å². The van der Waals surface area contributed by atoms with Crippen LogP contribution in [0.25, 0.3) is 0 Å². The Morgan fingerprint density at radius 1 is 1.73 bits per heavy atom. The van der Waals surface area contributed by atoms with E-state index in [4.69, 9.17) is 10.5 Å². The van der Waals surface area contributed by atoms with E-state index in [9.17, 15) is 4.79 Å². The summed E-state index contributed by atoms with van der Waals surface area (Å²) in [7, 11) is 0. The van der Waals surface area contributed by atoms with Crippen LogP contribution < -0.4 is 5.73 Å². The molecular weight excluding hydrogens is 186 g/mol. The van der Waals surface area contributed by atoms with E-state index in [2.05, 4.69) is 12.6 Å². The molecule has 0 bridgehead atoms. The van der Waals surface area contributed by atoms with Crippen molar-refractivity contribution >= 4 is 31.0 Å². The first-order valence-electron chi connectivity index (χ1n) is 3.25. The minimum absolute atomic E-state index is 0. The van der Waals surface area contributed by atoms with Gasteiger partial charge in [0, 0.05) is 5.75 Å². The SMILES string of the molecule is CCCOC(=O)C(N)CS.Cl. The van der Waals surface area contributed by atoms with Crippen LogP contribution in [0.4, 0.5) is 0 Å². The van der Waals surface area contributed by atoms with E-state index in [-0.39, 0.29) is 18.4 Å². The van der Waals surface area contributed by atoms with Crippen LogP contribution in [0, 0.1) is 0 Å². The molecule has 0 rings (SSSR count). The molecule has 11 heavy (non-hydrogen) atoms. The maximum absolute atomic E-state index is 10.7. The molecule has 0 amide bonds. The Balaban J connectivity index is 0. The number of rotatable bonds is 4. The number of ether oxygens (including phenoxy) is 1. The second-order valence-corrected chi connectivity index (χ2v) is 2.32. The first kappa shape index (κ1) is 13.6. The molecule has 0 saturated carbocycles. The molecule has 3 nitrogen and oxygen atoms in total. The van der Waals surface area contributed by atoms with Crippen molar-refractivity contribution in [3.05, 3.63) is 0 Å². The molecule has 1 unspecified atom stereocenters. The molecule has 0 radical (unpaired) electrons. The molecule has 5 heteroatoms. The quantitative estimate of drug-likeness (QED) is 0.516. The van der Waals surface area contributed by atoms with Crippen LogP contribution >= 0.6 is 25.0 Å². The second-order valence-electron chi connectivity index (χ2n) is 1.96. The lowest BCUT2D eigenvalue weighted by Gasteiger charge is -2.06. The molecule has 0 aromatic heterocycles. The van der Waals surface area contributed by atoms with Gasteiger partial charge in [-0.1, -0.05) is 6.92 Å². The minimum Gasteiger partial charge on any atom is -0.465 e. The van der Waals surface area contributed by atoms with Crippen molar-refractivity contribution in [1.82, 2.24) is 0 Å². The molecule has 0 aliphatic carbocycles. The Kier molecular flexibility index (Phi) is 10.1. The van der Waals surface area contributed by atoms with Crippen LogP contribution in [-0.2, 0) is 9.53 Å². The predicted molar refractivity (Wildman–Crippen MR) is 50.3 cm³/mol. The largest absolute Gasteiger partial charge is 0.465 e. The van der Waals surface area contributed by atoms with E-state index >= 15 is 0 Å². The third-order valence-electron chi connectivity index (χ3n) is 0.948. The van der Waals surface area contributed by atoms with Gasteiger partial charge in [0.15, 0.2) is 0 Å². The third-order valence-corrected chi connectivity index (χ3v) is 1.34. The number of esters is 1. The summed E-state index contributed by atoms with van der Waals surface area (Å²) >= 11 is 3.85. The lowest BCUT2D eigenvalue weighted by Crippen LogP contribution is -2.33. The molecule has 2 N–H and O–H groups in total. The van der Waals surface area contributed by atoms with Crippen molar-refractivity contribution in [2.75, 3.05) is 12.4 Å². The van der Waals surface area contributed by atoms with Gasteiger partial charge in [0.1, 0.15) is 6.04 Å². The average Bonchev–Trinajstić information content (AvgIpc) is 1.98. The molecule has 0 fully saturated rings. The van der Waals surface area contributed by atoms with E-state index in [1.54, 1.807) is 0 Å². The summed E-state index contributed by atoms with van der Waals surface area (Å²) in [5.74, 6) is -0.0282. The van der Waals surface area contributed by atoms with Crippen LogP contribution in [-0.4, -0.2) is 24.4 Å². The molecule has 0 aromatic carbocycles. The second kappa shape index (κ2) is 8.17. The zero-order chi connectivity index (χ0) is 7.98. The zero-order valence-corrected chi connectivity index (χ0v) is 8.16. The van der Waals surface area contributed by atoms with E-state index in [1.165, 1.54) is 0 Å². The third kappa shape index (κ3) is 6.47. The normalized spacial score (nSPS) is 11.5. The lowest BCUT2D eigenvalue weighted by atomic mass is 10.4. The smallest absolute Gasteiger partial charge is 0.323 e. The summed E-state index contributed by atoms with van der Waals surface area (Å²) in [6.45, 7) is 2.37. The van der Waals surface area contributed by atoms with Gasteiger partial charge in [0.2, 0.25) is 0 Å². The Bertz CT molecular complexity index is 113. The van der Waals surface area contributed by atoms with Gasteiger partial charge in [-0.3, -0.25) is 4.79 Å². The fraction of sp³-hybridized carbons (Fsp3) is 0.833. The monoisotopic (exact) mass is 199 g/mol. The number of nitrogens with two attached hydrogens (primary N) is 1. The topological polar surface area (TPSA) is 52.3 Å². The van der Waals surface area contributed by atoms with Gasteiger partial charge in [-0.05, 0) is 6.42 Å². The van der Waals surface area contributed by atoms with Crippen molar-refractivity contribution in [3.8, 4) is 0 Å². The number of hydrogen-bond acceptors (Lipinski definition) is 4. The highest BCUT2D eigenvalue weighted by Crippen LogP contribution is 1.89. The van der Waals surface area contributed by atoms with Crippen LogP contribution in [0.15, 0.2) is 0 Å². The fourth-order valence-corrected chi connectivity index (χ4v) is 0.533. The Morgan fingerprint density at radius 2 is 2.27 bits per heavy atom. The number of carbonyl (C=O) groups excluding carboxylic acids is 1. The molecule has 0 aliphatic heterocycles. The molecule has 0 saturated heterocycles. The summed E-state index contributed by atoms with van der Waals surface area (Å²) in [4.78, 5) is 10.7.